The third-order valence-electron chi connectivity index (χ3n) is 3.21. The molecule has 0 radical (unpaired) electrons. The van der Waals surface area contributed by atoms with Gasteiger partial charge in [0, 0.05) is 0 Å². The van der Waals surface area contributed by atoms with Gasteiger partial charge >= 0.3 is 6.68 Å². The summed E-state index contributed by atoms with van der Waals surface area (Å²) in [5, 5.41) is 0. The van der Waals surface area contributed by atoms with E-state index in [0.29, 0.717) is 0 Å². The van der Waals surface area contributed by atoms with Crippen LogP contribution in [0.1, 0.15) is 5.56 Å². The minimum atomic E-state index is -3.67. The normalized spacial score (nSPS) is 10.4. The van der Waals surface area contributed by atoms with Gasteiger partial charge in [-0.3, -0.25) is 0 Å². The van der Waals surface area contributed by atoms with Gasteiger partial charge < -0.3 is 0 Å². The van der Waals surface area contributed by atoms with Crippen molar-refractivity contribution in [1.82, 2.24) is 0 Å². The molecule has 0 nitrogen and oxygen atoms in total. The first-order chi connectivity index (χ1) is 11.6. The lowest BCUT2D eigenvalue weighted by atomic mass is 10.2. The Bertz CT molecular complexity index is 671. The number of aryl methyl sites for hydroxylation is 1. The fraction of sp³-hybridized carbons (Fsp3) is 0.100. The average molecular weight is 347 g/mol. The molecule has 0 saturated carbocycles. The molecule has 0 aromatic heterocycles. The lowest BCUT2D eigenvalue weighted by molar-refractivity contribution is 0.00819. The van der Waals surface area contributed by atoms with Crippen LogP contribution in [-0.2, 0) is 10.9 Å². The van der Waals surface area contributed by atoms with Crippen molar-refractivity contribution in [2.45, 2.75) is 28.3 Å². The fourth-order valence-corrected chi connectivity index (χ4v) is 4.28. The topological polar surface area (TPSA) is 0 Å². The molecule has 0 aliphatic carbocycles. The molecule has 3 aromatic carbocycles. The van der Waals surface area contributed by atoms with Gasteiger partial charge in [0.25, 0.3) is 0 Å². The second-order valence-corrected chi connectivity index (χ2v) is 7.02. The quantitative estimate of drug-likeness (QED) is 0.490. The molecular formula is C20H18F3S+. The van der Waals surface area contributed by atoms with Gasteiger partial charge in [0.15, 0.2) is 14.7 Å². The zero-order valence-corrected chi connectivity index (χ0v) is 14.0. The maximum absolute atomic E-state index is 9.67. The molecule has 0 bridgehead atoms. The van der Waals surface area contributed by atoms with Gasteiger partial charge in [-0.25, -0.2) is 0 Å². The second kappa shape index (κ2) is 9.18. The summed E-state index contributed by atoms with van der Waals surface area (Å²) in [4.78, 5) is 4.10. The fourth-order valence-electron chi connectivity index (χ4n) is 2.20. The van der Waals surface area contributed by atoms with Gasteiger partial charge in [-0.05, 0) is 43.3 Å². The van der Waals surface area contributed by atoms with Crippen molar-refractivity contribution < 1.29 is 13.2 Å². The van der Waals surface area contributed by atoms with E-state index in [0.717, 1.165) is 0 Å². The zero-order chi connectivity index (χ0) is 17.4. The minimum absolute atomic E-state index is 0.0229. The predicted octanol–water partition coefficient (Wildman–Crippen LogP) is 6.27. The standard InChI is InChI=1S/C19H17S.CHF3/c1-16-12-14-19(15-13-16)20(17-8-4-2-5-9-17)18-10-6-3-7-11-18;2-1(3)4/h2-15H,1H3;1H/q+1;. The molecule has 0 unspecified atom stereocenters. The highest BCUT2D eigenvalue weighted by Gasteiger charge is 2.27. The van der Waals surface area contributed by atoms with Gasteiger partial charge in [-0.15, -0.1) is 0 Å². The first-order valence-corrected chi connectivity index (χ1v) is 8.63. The van der Waals surface area contributed by atoms with E-state index in [1.165, 1.54) is 20.2 Å². The summed E-state index contributed by atoms with van der Waals surface area (Å²) >= 11 is 0. The number of benzene rings is 3. The Labute approximate surface area is 143 Å². The molecule has 3 aromatic rings. The zero-order valence-electron chi connectivity index (χ0n) is 13.2. The number of halogens is 3. The number of alkyl halides is 3. The Morgan fingerprint density at radius 3 is 1.29 bits per heavy atom. The molecule has 0 fully saturated rings. The minimum Gasteiger partial charge on any atom is -0.174 e. The maximum Gasteiger partial charge on any atom is 0.379 e. The molecule has 124 valence electrons. The van der Waals surface area contributed by atoms with Gasteiger partial charge in [-0.1, -0.05) is 54.1 Å². The van der Waals surface area contributed by atoms with Gasteiger partial charge in [0.05, 0.1) is 10.9 Å². The molecule has 0 N–H and O–H groups in total. The maximum atomic E-state index is 9.67. The molecule has 24 heavy (non-hydrogen) atoms. The number of hydrogen-bond donors (Lipinski definition) is 0. The molecule has 0 aliphatic rings. The first-order valence-electron chi connectivity index (χ1n) is 7.41. The van der Waals surface area contributed by atoms with Crippen LogP contribution in [0.2, 0.25) is 0 Å². The largest absolute Gasteiger partial charge is 0.379 e. The van der Waals surface area contributed by atoms with E-state index in [4.69, 9.17) is 0 Å². The third kappa shape index (κ3) is 5.46. The van der Waals surface area contributed by atoms with E-state index >= 15 is 0 Å². The molecule has 0 aliphatic heterocycles. The summed E-state index contributed by atoms with van der Waals surface area (Å²) in [5.74, 6) is 0. The molecule has 0 spiro atoms. The summed E-state index contributed by atoms with van der Waals surface area (Å²) in [6.07, 6.45) is 0. The van der Waals surface area contributed by atoms with Crippen molar-refractivity contribution in [3.05, 3.63) is 90.5 Å². The Morgan fingerprint density at radius 1 is 0.583 bits per heavy atom. The van der Waals surface area contributed by atoms with Crippen LogP contribution in [0.25, 0.3) is 0 Å². The summed E-state index contributed by atoms with van der Waals surface area (Å²) in [7, 11) is -0.0229. The highest BCUT2D eigenvalue weighted by Crippen LogP contribution is 2.30. The molecule has 0 amide bonds. The molecule has 0 saturated heterocycles. The van der Waals surface area contributed by atoms with Crippen molar-refractivity contribution in [1.29, 1.82) is 0 Å². The second-order valence-electron chi connectivity index (χ2n) is 4.99. The van der Waals surface area contributed by atoms with Crippen LogP contribution in [0.5, 0.6) is 0 Å². The summed E-state index contributed by atoms with van der Waals surface area (Å²) in [5.41, 5.74) is 1.30. The average Bonchev–Trinajstić information content (AvgIpc) is 2.58. The highest BCUT2D eigenvalue weighted by atomic mass is 32.2. The monoisotopic (exact) mass is 347 g/mol. The molecular weight excluding hydrogens is 329 g/mol. The van der Waals surface area contributed by atoms with E-state index in [2.05, 4.69) is 91.9 Å². The van der Waals surface area contributed by atoms with E-state index < -0.39 is 6.68 Å². The van der Waals surface area contributed by atoms with Crippen molar-refractivity contribution >= 4 is 10.9 Å². The van der Waals surface area contributed by atoms with E-state index in [1.54, 1.807) is 0 Å². The SMILES string of the molecule is Cc1ccc([S+](c2ccccc2)c2ccccc2)cc1.FC(F)F. The predicted molar refractivity (Wildman–Crippen MR) is 93.3 cm³/mol. The lowest BCUT2D eigenvalue weighted by Gasteiger charge is -2.07. The Balaban J connectivity index is 0.000000471. The van der Waals surface area contributed by atoms with Crippen LogP contribution in [0, 0.1) is 6.92 Å². The van der Waals surface area contributed by atoms with Gasteiger partial charge in [0.1, 0.15) is 0 Å². The smallest absolute Gasteiger partial charge is 0.174 e. The first kappa shape index (κ1) is 18.1. The Kier molecular flexibility index (Phi) is 6.94. The van der Waals surface area contributed by atoms with Crippen LogP contribution >= 0.6 is 0 Å². The third-order valence-corrected chi connectivity index (χ3v) is 5.45. The summed E-state index contributed by atoms with van der Waals surface area (Å²) in [6.45, 7) is -1.53. The van der Waals surface area contributed by atoms with Crippen LogP contribution < -0.4 is 0 Å². The van der Waals surface area contributed by atoms with E-state index in [-0.39, 0.29) is 10.9 Å². The molecule has 0 heterocycles. The Morgan fingerprint density at radius 2 is 0.917 bits per heavy atom. The van der Waals surface area contributed by atoms with Gasteiger partial charge in [0.2, 0.25) is 0 Å². The van der Waals surface area contributed by atoms with Crippen LogP contribution in [0.4, 0.5) is 13.2 Å². The van der Waals surface area contributed by atoms with Crippen molar-refractivity contribution in [2.24, 2.45) is 0 Å². The number of hydrogen-bond acceptors (Lipinski definition) is 0. The van der Waals surface area contributed by atoms with Crippen molar-refractivity contribution in [3.8, 4) is 0 Å². The molecule has 4 heteroatoms. The molecule has 0 atom stereocenters. The van der Waals surface area contributed by atoms with E-state index in [1.807, 2.05) is 0 Å². The Hall–Kier alpha value is -2.20. The van der Waals surface area contributed by atoms with Crippen molar-refractivity contribution in [3.63, 3.8) is 0 Å². The number of rotatable bonds is 3. The lowest BCUT2D eigenvalue weighted by Crippen LogP contribution is -2.04. The van der Waals surface area contributed by atoms with Crippen LogP contribution in [-0.4, -0.2) is 6.68 Å². The summed E-state index contributed by atoms with van der Waals surface area (Å²) < 4.78 is 29.0. The highest BCUT2D eigenvalue weighted by molar-refractivity contribution is 7.97. The summed E-state index contributed by atoms with van der Waals surface area (Å²) in [6, 6.07) is 30.4. The van der Waals surface area contributed by atoms with Crippen LogP contribution in [0.3, 0.4) is 0 Å². The molecule has 3 rings (SSSR count). The van der Waals surface area contributed by atoms with Crippen LogP contribution in [0.15, 0.2) is 99.6 Å². The van der Waals surface area contributed by atoms with Crippen molar-refractivity contribution in [2.75, 3.05) is 0 Å². The van der Waals surface area contributed by atoms with Gasteiger partial charge in [-0.2, -0.15) is 13.2 Å². The van der Waals surface area contributed by atoms with E-state index in [9.17, 15) is 13.2 Å².